The highest BCUT2D eigenvalue weighted by atomic mass is 127. The minimum atomic E-state index is -1.08. The van der Waals surface area contributed by atoms with Crippen LogP contribution in [0.5, 0.6) is 0 Å². The van der Waals surface area contributed by atoms with E-state index in [0.717, 1.165) is 58.6 Å². The Hall–Kier alpha value is -1.50. The molecule has 10 heteroatoms. The van der Waals surface area contributed by atoms with Gasteiger partial charge in [0.1, 0.15) is 12.5 Å². The van der Waals surface area contributed by atoms with Gasteiger partial charge in [-0.1, -0.05) is 19.6 Å². The molecule has 1 aliphatic heterocycles. The molecule has 0 radical (unpaired) electrons. The van der Waals surface area contributed by atoms with Crippen molar-refractivity contribution in [2.75, 3.05) is 31.3 Å². The normalized spacial score (nSPS) is 17.8. The van der Waals surface area contributed by atoms with Crippen molar-refractivity contribution in [3.05, 3.63) is 28.1 Å². The van der Waals surface area contributed by atoms with E-state index in [2.05, 4.69) is 70.3 Å². The number of morpholine rings is 1. The Kier molecular flexibility index (Phi) is 6.46. The third kappa shape index (κ3) is 4.87. The van der Waals surface area contributed by atoms with Crippen molar-refractivity contribution in [2.24, 2.45) is 0 Å². The molecule has 3 aromatic heterocycles. The van der Waals surface area contributed by atoms with E-state index in [1.165, 1.54) is 0 Å². The molecular formula is C20H29IN6O2Si. The van der Waals surface area contributed by atoms with Crippen LogP contribution in [0.3, 0.4) is 0 Å². The Balaban J connectivity index is 1.55. The van der Waals surface area contributed by atoms with Crippen molar-refractivity contribution < 1.29 is 9.47 Å². The highest BCUT2D eigenvalue weighted by Crippen LogP contribution is 2.27. The first-order valence-electron chi connectivity index (χ1n) is 10.3. The number of nitrogens with zero attached hydrogens (tertiary/aromatic N) is 6. The van der Waals surface area contributed by atoms with Crippen molar-refractivity contribution in [1.29, 1.82) is 0 Å². The third-order valence-corrected chi connectivity index (χ3v) is 7.80. The maximum atomic E-state index is 5.81. The number of hydrogen-bond donors (Lipinski definition) is 0. The fourth-order valence-electron chi connectivity index (χ4n) is 3.40. The lowest BCUT2D eigenvalue weighted by Gasteiger charge is -2.34. The maximum Gasteiger partial charge on any atom is 0.177 e. The quantitative estimate of drug-likeness (QED) is 0.258. The molecule has 1 saturated heterocycles. The minimum Gasteiger partial charge on any atom is -0.377 e. The second-order valence-electron chi connectivity index (χ2n) is 8.93. The van der Waals surface area contributed by atoms with Crippen molar-refractivity contribution in [3.63, 3.8) is 0 Å². The number of pyridine rings is 1. The molecule has 4 rings (SSSR count). The van der Waals surface area contributed by atoms with Gasteiger partial charge in [0.15, 0.2) is 11.5 Å². The smallest absolute Gasteiger partial charge is 0.177 e. The van der Waals surface area contributed by atoms with Gasteiger partial charge in [-0.25, -0.2) is 9.67 Å². The van der Waals surface area contributed by atoms with Crippen molar-refractivity contribution in [2.45, 2.75) is 45.4 Å². The van der Waals surface area contributed by atoms with Gasteiger partial charge < -0.3 is 14.4 Å². The van der Waals surface area contributed by atoms with Crippen LogP contribution in [0.4, 0.5) is 5.82 Å². The first-order chi connectivity index (χ1) is 14.3. The average Bonchev–Trinajstić information content (AvgIpc) is 3.31. The summed E-state index contributed by atoms with van der Waals surface area (Å²) in [6.45, 7) is 12.7. The zero-order valence-corrected chi connectivity index (χ0v) is 21.2. The van der Waals surface area contributed by atoms with Crippen molar-refractivity contribution >= 4 is 47.5 Å². The van der Waals surface area contributed by atoms with Crippen LogP contribution in [0.15, 0.2) is 24.5 Å². The standard InChI is InChI=1S/C20H29IN6O2Si/c1-15-13-28-8-7-26(15)19-11-17(21)16-12-22-27(20(16)23-19)18-5-6-25(24-18)14-29-9-10-30(2,3)4/h5-6,11-12,15H,7-10,13-14H2,1-4H3. The number of halogens is 1. The molecule has 0 bridgehead atoms. The molecule has 4 heterocycles. The highest BCUT2D eigenvalue weighted by Gasteiger charge is 2.22. The van der Waals surface area contributed by atoms with E-state index >= 15 is 0 Å². The van der Waals surface area contributed by atoms with E-state index in [1.807, 2.05) is 27.8 Å². The molecule has 1 atom stereocenters. The third-order valence-electron chi connectivity index (χ3n) is 5.20. The van der Waals surface area contributed by atoms with Crippen LogP contribution in [0, 0.1) is 3.57 Å². The fourth-order valence-corrected chi connectivity index (χ4v) is 4.82. The van der Waals surface area contributed by atoms with E-state index in [9.17, 15) is 0 Å². The molecule has 0 saturated carbocycles. The van der Waals surface area contributed by atoms with Crippen LogP contribution in [-0.2, 0) is 16.2 Å². The lowest BCUT2D eigenvalue weighted by molar-refractivity contribution is 0.0785. The van der Waals surface area contributed by atoms with Gasteiger partial charge in [0, 0.05) is 37.1 Å². The molecule has 0 aromatic carbocycles. The molecule has 8 nitrogen and oxygen atoms in total. The molecule has 0 N–H and O–H groups in total. The van der Waals surface area contributed by atoms with E-state index in [0.29, 0.717) is 12.8 Å². The van der Waals surface area contributed by atoms with Crippen LogP contribution in [-0.4, -0.2) is 65.0 Å². The first kappa shape index (κ1) is 21.7. The van der Waals surface area contributed by atoms with Gasteiger partial charge in [0.2, 0.25) is 0 Å². The summed E-state index contributed by atoms with van der Waals surface area (Å²) < 4.78 is 16.1. The Bertz CT molecular complexity index is 1010. The van der Waals surface area contributed by atoms with E-state index < -0.39 is 8.07 Å². The number of hydrogen-bond acceptors (Lipinski definition) is 6. The maximum absolute atomic E-state index is 5.81. The van der Waals surface area contributed by atoms with Gasteiger partial charge in [-0.3, -0.25) is 0 Å². The number of aromatic nitrogens is 5. The van der Waals surface area contributed by atoms with Gasteiger partial charge in [-0.05, 0) is 41.6 Å². The van der Waals surface area contributed by atoms with Gasteiger partial charge in [-0.15, -0.1) is 0 Å². The van der Waals surface area contributed by atoms with Crippen LogP contribution in [0.1, 0.15) is 6.92 Å². The van der Waals surface area contributed by atoms with Crippen LogP contribution in [0.2, 0.25) is 25.7 Å². The molecule has 0 amide bonds. The summed E-state index contributed by atoms with van der Waals surface area (Å²) in [4.78, 5) is 7.25. The summed E-state index contributed by atoms with van der Waals surface area (Å²) in [6.07, 6.45) is 3.79. The Morgan fingerprint density at radius 1 is 1.30 bits per heavy atom. The summed E-state index contributed by atoms with van der Waals surface area (Å²) in [5, 5.41) is 10.2. The lowest BCUT2D eigenvalue weighted by atomic mass is 10.2. The molecule has 0 spiro atoms. The van der Waals surface area contributed by atoms with Crippen LogP contribution < -0.4 is 4.90 Å². The zero-order valence-electron chi connectivity index (χ0n) is 18.0. The molecule has 30 heavy (non-hydrogen) atoms. The van der Waals surface area contributed by atoms with Gasteiger partial charge in [-0.2, -0.15) is 14.9 Å². The van der Waals surface area contributed by atoms with Crippen molar-refractivity contribution in [3.8, 4) is 5.82 Å². The van der Waals surface area contributed by atoms with Crippen molar-refractivity contribution in [1.82, 2.24) is 24.5 Å². The molecule has 162 valence electrons. The molecule has 1 fully saturated rings. The summed E-state index contributed by atoms with van der Waals surface area (Å²) in [5.41, 5.74) is 0.820. The molecular weight excluding hydrogens is 511 g/mol. The molecule has 3 aromatic rings. The molecule has 0 aliphatic carbocycles. The predicted molar refractivity (Wildman–Crippen MR) is 129 cm³/mol. The molecule has 1 aliphatic rings. The number of anilines is 1. The number of fused-ring (bicyclic) bond motifs is 1. The second-order valence-corrected chi connectivity index (χ2v) is 15.7. The zero-order chi connectivity index (χ0) is 21.3. The minimum absolute atomic E-state index is 0.295. The molecule has 1 unspecified atom stereocenters. The first-order valence-corrected chi connectivity index (χ1v) is 15.1. The predicted octanol–water partition coefficient (Wildman–Crippen LogP) is 3.76. The topological polar surface area (TPSA) is 70.2 Å². The monoisotopic (exact) mass is 540 g/mol. The average molecular weight is 540 g/mol. The highest BCUT2D eigenvalue weighted by molar-refractivity contribution is 14.1. The Labute approximate surface area is 191 Å². The SMILES string of the molecule is CC1COCCN1c1cc(I)c2cnn(-c3ccn(COCC[Si](C)(C)C)n3)c2n1. The Morgan fingerprint density at radius 3 is 2.90 bits per heavy atom. The fraction of sp³-hybridized carbons (Fsp3) is 0.550. The summed E-state index contributed by atoms with van der Waals surface area (Å²) in [6, 6.07) is 5.52. The van der Waals surface area contributed by atoms with E-state index in [1.54, 1.807) is 0 Å². The van der Waals surface area contributed by atoms with E-state index in [-0.39, 0.29) is 0 Å². The lowest BCUT2D eigenvalue weighted by Crippen LogP contribution is -2.44. The number of ether oxygens (including phenoxy) is 2. The Morgan fingerprint density at radius 2 is 2.13 bits per heavy atom. The van der Waals surface area contributed by atoms with Gasteiger partial charge in [0.05, 0.1) is 30.8 Å². The van der Waals surface area contributed by atoms with Gasteiger partial charge in [0.25, 0.3) is 0 Å². The number of rotatable bonds is 7. The second kappa shape index (κ2) is 8.93. The summed E-state index contributed by atoms with van der Waals surface area (Å²) >= 11 is 2.36. The van der Waals surface area contributed by atoms with Gasteiger partial charge >= 0.3 is 0 Å². The van der Waals surface area contributed by atoms with Crippen LogP contribution in [0.25, 0.3) is 16.9 Å². The van der Waals surface area contributed by atoms with E-state index in [4.69, 9.17) is 14.5 Å². The van der Waals surface area contributed by atoms with Crippen LogP contribution >= 0.6 is 22.6 Å². The summed E-state index contributed by atoms with van der Waals surface area (Å²) in [5.74, 6) is 1.70. The summed E-state index contributed by atoms with van der Waals surface area (Å²) in [7, 11) is -1.08. The largest absolute Gasteiger partial charge is 0.377 e.